The average molecular weight is 281 g/mol. The van der Waals surface area contributed by atoms with E-state index in [0.29, 0.717) is 18.9 Å². The quantitative estimate of drug-likeness (QED) is 0.941. The number of rotatable bonds is 3. The van der Waals surface area contributed by atoms with Gasteiger partial charge in [-0.2, -0.15) is 0 Å². The van der Waals surface area contributed by atoms with Gasteiger partial charge in [-0.3, -0.25) is 0 Å². The minimum atomic E-state index is 0.553. The number of oxazole rings is 1. The number of nitrogens with two attached hydrogens (primary N) is 1. The Labute approximate surface area is 103 Å². The van der Waals surface area contributed by atoms with Gasteiger partial charge in [-0.15, -0.1) is 0 Å². The van der Waals surface area contributed by atoms with Gasteiger partial charge < -0.3 is 10.2 Å². The lowest BCUT2D eigenvalue weighted by molar-refractivity contribution is 0.508. The van der Waals surface area contributed by atoms with Gasteiger partial charge in [0.15, 0.2) is 11.7 Å². The van der Waals surface area contributed by atoms with E-state index < -0.39 is 0 Å². The predicted octanol–water partition coefficient (Wildman–Crippen LogP) is 2.91. The highest BCUT2D eigenvalue weighted by Gasteiger charge is 2.06. The number of halogens is 1. The monoisotopic (exact) mass is 280 g/mol. The number of hydrogen-bond acceptors (Lipinski definition) is 3. The molecule has 0 aliphatic rings. The summed E-state index contributed by atoms with van der Waals surface area (Å²) < 4.78 is 6.65. The molecule has 0 amide bonds. The molecule has 2 aromatic rings. The molecule has 1 aromatic carbocycles. The predicted molar refractivity (Wildman–Crippen MR) is 67.1 cm³/mol. The van der Waals surface area contributed by atoms with Crippen molar-refractivity contribution in [3.8, 4) is 11.3 Å². The summed E-state index contributed by atoms with van der Waals surface area (Å²) in [6.07, 6.45) is 2.42. The molecule has 0 bridgehead atoms. The van der Waals surface area contributed by atoms with Crippen LogP contribution < -0.4 is 5.73 Å². The maximum atomic E-state index is 5.61. The standard InChI is InChI=1S/C12H13BrN2O/c1-8-4-9(6-10(13)5-8)11-7-15-12(16-11)2-3-14/h4-7H,2-3,14H2,1H3. The first kappa shape index (κ1) is 11.4. The molecule has 0 aliphatic heterocycles. The lowest BCUT2D eigenvalue weighted by Crippen LogP contribution is -2.02. The van der Waals surface area contributed by atoms with Gasteiger partial charge in [0.25, 0.3) is 0 Å². The summed E-state index contributed by atoms with van der Waals surface area (Å²) in [5.74, 6) is 1.47. The maximum Gasteiger partial charge on any atom is 0.196 e. The van der Waals surface area contributed by atoms with E-state index in [2.05, 4.69) is 33.0 Å². The highest BCUT2D eigenvalue weighted by Crippen LogP contribution is 2.25. The molecule has 0 radical (unpaired) electrons. The Morgan fingerprint density at radius 1 is 1.38 bits per heavy atom. The lowest BCUT2D eigenvalue weighted by atomic mass is 10.1. The molecule has 2 rings (SSSR count). The van der Waals surface area contributed by atoms with Crippen molar-refractivity contribution < 1.29 is 4.42 Å². The van der Waals surface area contributed by atoms with Crippen LogP contribution in [0.3, 0.4) is 0 Å². The summed E-state index contributed by atoms with van der Waals surface area (Å²) in [5.41, 5.74) is 7.66. The molecule has 3 nitrogen and oxygen atoms in total. The topological polar surface area (TPSA) is 52.0 Å². The van der Waals surface area contributed by atoms with Gasteiger partial charge >= 0.3 is 0 Å². The van der Waals surface area contributed by atoms with E-state index in [1.54, 1.807) is 6.20 Å². The molecule has 1 heterocycles. The minimum Gasteiger partial charge on any atom is -0.441 e. The fourth-order valence-electron chi connectivity index (χ4n) is 1.56. The van der Waals surface area contributed by atoms with Crippen LogP contribution in [0.25, 0.3) is 11.3 Å². The van der Waals surface area contributed by atoms with Crippen molar-refractivity contribution in [1.29, 1.82) is 0 Å². The van der Waals surface area contributed by atoms with Gasteiger partial charge in [-0.1, -0.05) is 15.9 Å². The number of aromatic nitrogens is 1. The van der Waals surface area contributed by atoms with E-state index in [4.69, 9.17) is 10.2 Å². The first-order chi connectivity index (χ1) is 7.69. The Bertz CT molecular complexity index is 473. The summed E-state index contributed by atoms with van der Waals surface area (Å²) in [6, 6.07) is 6.14. The molecule has 4 heteroatoms. The molecule has 0 aliphatic carbocycles. The molecule has 0 fully saturated rings. The highest BCUT2D eigenvalue weighted by atomic mass is 79.9. The maximum absolute atomic E-state index is 5.61. The van der Waals surface area contributed by atoms with Crippen molar-refractivity contribution in [1.82, 2.24) is 4.98 Å². The third-order valence-corrected chi connectivity index (χ3v) is 2.70. The van der Waals surface area contributed by atoms with Gasteiger partial charge in [-0.05, 0) is 30.7 Å². The van der Waals surface area contributed by atoms with E-state index in [1.807, 2.05) is 13.0 Å². The Kier molecular flexibility index (Phi) is 3.41. The molecule has 0 spiro atoms. The Hall–Kier alpha value is -1.13. The average Bonchev–Trinajstić information content (AvgIpc) is 2.65. The number of aryl methyl sites for hydroxylation is 1. The van der Waals surface area contributed by atoms with Crippen LogP contribution in [-0.4, -0.2) is 11.5 Å². The molecule has 84 valence electrons. The fourth-order valence-corrected chi connectivity index (χ4v) is 2.17. The van der Waals surface area contributed by atoms with Gasteiger partial charge in [0.2, 0.25) is 0 Å². The second-order valence-electron chi connectivity index (χ2n) is 3.67. The highest BCUT2D eigenvalue weighted by molar-refractivity contribution is 9.10. The van der Waals surface area contributed by atoms with E-state index in [-0.39, 0.29) is 0 Å². The van der Waals surface area contributed by atoms with Crippen molar-refractivity contribution in [3.63, 3.8) is 0 Å². The molecule has 0 unspecified atom stereocenters. The van der Waals surface area contributed by atoms with E-state index in [9.17, 15) is 0 Å². The summed E-state index contributed by atoms with van der Waals surface area (Å²) in [7, 11) is 0. The number of hydrogen-bond donors (Lipinski definition) is 1. The Balaban J connectivity index is 2.34. The second-order valence-corrected chi connectivity index (χ2v) is 4.59. The van der Waals surface area contributed by atoms with Crippen molar-refractivity contribution in [2.45, 2.75) is 13.3 Å². The SMILES string of the molecule is Cc1cc(Br)cc(-c2cnc(CCN)o2)c1. The Morgan fingerprint density at radius 3 is 2.88 bits per heavy atom. The normalized spacial score (nSPS) is 10.7. The molecule has 0 saturated heterocycles. The first-order valence-electron chi connectivity index (χ1n) is 5.11. The van der Waals surface area contributed by atoms with E-state index in [0.717, 1.165) is 15.8 Å². The first-order valence-corrected chi connectivity index (χ1v) is 5.90. The fraction of sp³-hybridized carbons (Fsp3) is 0.250. The van der Waals surface area contributed by atoms with Gasteiger partial charge in [-0.25, -0.2) is 4.98 Å². The summed E-state index contributed by atoms with van der Waals surface area (Å²) in [6.45, 7) is 2.60. The molecule has 0 atom stereocenters. The third kappa shape index (κ3) is 2.51. The van der Waals surface area contributed by atoms with Crippen molar-refractivity contribution >= 4 is 15.9 Å². The van der Waals surface area contributed by atoms with Crippen molar-refractivity contribution in [2.75, 3.05) is 6.54 Å². The van der Waals surface area contributed by atoms with Crippen LogP contribution in [0.1, 0.15) is 11.5 Å². The summed E-state index contributed by atoms with van der Waals surface area (Å²) in [4.78, 5) is 4.18. The van der Waals surface area contributed by atoms with Crippen LogP contribution in [0.2, 0.25) is 0 Å². The zero-order valence-corrected chi connectivity index (χ0v) is 10.6. The molecule has 0 saturated carbocycles. The van der Waals surface area contributed by atoms with Crippen LogP contribution in [0.4, 0.5) is 0 Å². The van der Waals surface area contributed by atoms with Crippen LogP contribution in [-0.2, 0) is 6.42 Å². The molecular formula is C12H13BrN2O. The van der Waals surface area contributed by atoms with Gasteiger partial charge in [0, 0.05) is 23.0 Å². The number of nitrogens with zero attached hydrogens (tertiary/aromatic N) is 1. The summed E-state index contributed by atoms with van der Waals surface area (Å²) >= 11 is 3.47. The zero-order chi connectivity index (χ0) is 11.5. The second kappa shape index (κ2) is 4.80. The zero-order valence-electron chi connectivity index (χ0n) is 9.03. The van der Waals surface area contributed by atoms with Crippen LogP contribution in [0.15, 0.2) is 33.3 Å². The van der Waals surface area contributed by atoms with E-state index in [1.165, 1.54) is 5.56 Å². The molecular weight excluding hydrogens is 268 g/mol. The van der Waals surface area contributed by atoms with Crippen LogP contribution >= 0.6 is 15.9 Å². The molecule has 2 N–H and O–H groups in total. The van der Waals surface area contributed by atoms with Crippen molar-refractivity contribution in [3.05, 3.63) is 40.3 Å². The Morgan fingerprint density at radius 2 is 2.19 bits per heavy atom. The largest absolute Gasteiger partial charge is 0.441 e. The van der Waals surface area contributed by atoms with Crippen LogP contribution in [0.5, 0.6) is 0 Å². The minimum absolute atomic E-state index is 0.553. The number of benzene rings is 1. The van der Waals surface area contributed by atoms with Crippen molar-refractivity contribution in [2.24, 2.45) is 5.73 Å². The van der Waals surface area contributed by atoms with E-state index >= 15 is 0 Å². The molecule has 1 aromatic heterocycles. The third-order valence-electron chi connectivity index (χ3n) is 2.24. The summed E-state index contributed by atoms with van der Waals surface area (Å²) in [5, 5.41) is 0. The smallest absolute Gasteiger partial charge is 0.196 e. The van der Waals surface area contributed by atoms with Gasteiger partial charge in [0.1, 0.15) is 0 Å². The lowest BCUT2D eigenvalue weighted by Gasteiger charge is -2.00. The van der Waals surface area contributed by atoms with Crippen LogP contribution in [0, 0.1) is 6.92 Å². The molecule has 16 heavy (non-hydrogen) atoms. The van der Waals surface area contributed by atoms with Gasteiger partial charge in [0.05, 0.1) is 6.20 Å².